The number of methoxy groups -OCH3 is 1. The summed E-state index contributed by atoms with van der Waals surface area (Å²) in [6, 6.07) is 22.5. The normalized spacial score (nSPS) is 15.7. The summed E-state index contributed by atoms with van der Waals surface area (Å²) in [5.41, 5.74) is 2.38. The minimum Gasteiger partial charge on any atom is -0.378 e. The van der Waals surface area contributed by atoms with Gasteiger partial charge in [0.25, 0.3) is 5.56 Å². The molecule has 0 bridgehead atoms. The number of pyridine rings is 2. The Morgan fingerprint density at radius 3 is 2.16 bits per heavy atom. The third kappa shape index (κ3) is 7.21. The van der Waals surface area contributed by atoms with Gasteiger partial charge in [0.1, 0.15) is 17.7 Å². The van der Waals surface area contributed by atoms with Crippen LogP contribution in [0.2, 0.25) is 0 Å². The van der Waals surface area contributed by atoms with E-state index in [2.05, 4.69) is 23.0 Å². The van der Waals surface area contributed by atoms with Crippen LogP contribution < -0.4 is 10.5 Å². The van der Waals surface area contributed by atoms with Crippen molar-refractivity contribution in [2.45, 2.75) is 51.6 Å². The molecule has 0 spiro atoms. The van der Waals surface area contributed by atoms with Crippen LogP contribution in [0, 0.1) is 11.3 Å². The molecule has 1 aliphatic heterocycles. The average molecular weight is 603 g/mol. The third-order valence-corrected chi connectivity index (χ3v) is 9.27. The Morgan fingerprint density at radius 1 is 1.05 bits per heavy atom. The molecule has 0 aliphatic carbocycles. The molecule has 0 saturated carbocycles. The predicted molar refractivity (Wildman–Crippen MR) is 164 cm³/mol. The number of rotatable bonds is 11. The molecule has 1 atom stereocenters. The van der Waals surface area contributed by atoms with E-state index in [4.69, 9.17) is 18.3 Å². The molecule has 2 aromatic heterocycles. The molecule has 1 fully saturated rings. The number of nitriles is 1. The van der Waals surface area contributed by atoms with Gasteiger partial charge in [-0.05, 0) is 43.9 Å². The van der Waals surface area contributed by atoms with Crippen molar-refractivity contribution in [2.24, 2.45) is 0 Å². The van der Waals surface area contributed by atoms with Crippen LogP contribution in [0.1, 0.15) is 55.2 Å². The number of aromatic nitrogens is 2. The second kappa shape index (κ2) is 13.2. The second-order valence-electron chi connectivity index (χ2n) is 10.8. The Kier molecular flexibility index (Phi) is 9.40. The SMILES string of the molecule is COC1(C)CCN(c2c(C#N)c(=O)[nH]c3cnc(C(C)OP(=O)(OCc4ccccc4)OCc4ccccc4)cc23)CC1. The van der Waals surface area contributed by atoms with Crippen molar-refractivity contribution >= 4 is 24.4 Å². The highest BCUT2D eigenvalue weighted by Crippen LogP contribution is 2.54. The summed E-state index contributed by atoms with van der Waals surface area (Å²) in [5.74, 6) is 0. The van der Waals surface area contributed by atoms with Gasteiger partial charge in [0.2, 0.25) is 0 Å². The zero-order chi connectivity index (χ0) is 30.5. The Labute approximate surface area is 250 Å². The summed E-state index contributed by atoms with van der Waals surface area (Å²) in [6.07, 6.45) is 2.19. The van der Waals surface area contributed by atoms with Crippen LogP contribution in [0.5, 0.6) is 0 Å². The molecule has 10 nitrogen and oxygen atoms in total. The van der Waals surface area contributed by atoms with Gasteiger partial charge in [0, 0.05) is 25.6 Å². The largest absolute Gasteiger partial charge is 0.476 e. The van der Waals surface area contributed by atoms with Crippen LogP contribution in [0.4, 0.5) is 5.69 Å². The first-order valence-electron chi connectivity index (χ1n) is 14.1. The number of nitrogens with one attached hydrogen (secondary N) is 1. The van der Waals surface area contributed by atoms with Crippen LogP contribution in [0.25, 0.3) is 10.9 Å². The summed E-state index contributed by atoms with van der Waals surface area (Å²) in [4.78, 5) is 22.2. The highest BCUT2D eigenvalue weighted by molar-refractivity contribution is 7.48. The number of nitrogens with zero attached hydrogens (tertiary/aromatic N) is 3. The maximum Gasteiger partial charge on any atom is 0.476 e. The summed E-state index contributed by atoms with van der Waals surface area (Å²) >= 11 is 0. The standard InChI is InChI=1S/C32H35N4O6P/c1-23(42-43(38,40-21-24-10-6-4-7-11-24)41-22-25-12-8-5-9-13-25)28-18-26-29(20-34-28)35-31(37)27(19-33)30(26)36-16-14-32(2,39-3)15-17-36/h4-13,18,20,23H,14-17,21-22H2,1-3H3,(H,35,37). The number of piperidine rings is 1. The van der Waals surface area contributed by atoms with E-state index in [1.54, 1.807) is 20.1 Å². The topological polar surface area (TPSA) is 127 Å². The molecule has 11 heteroatoms. The predicted octanol–water partition coefficient (Wildman–Crippen LogP) is 6.42. The van der Waals surface area contributed by atoms with Crippen LogP contribution >= 0.6 is 7.82 Å². The molecular formula is C32H35N4O6P. The van der Waals surface area contributed by atoms with Gasteiger partial charge in [0.15, 0.2) is 0 Å². The van der Waals surface area contributed by atoms with E-state index in [-0.39, 0.29) is 24.4 Å². The maximum atomic E-state index is 14.0. The van der Waals surface area contributed by atoms with E-state index in [1.807, 2.05) is 65.6 Å². The molecule has 0 amide bonds. The second-order valence-corrected chi connectivity index (χ2v) is 12.4. The molecule has 0 radical (unpaired) electrons. The Bertz CT molecular complexity index is 1650. The van der Waals surface area contributed by atoms with E-state index < -0.39 is 19.5 Å². The van der Waals surface area contributed by atoms with E-state index in [1.165, 1.54) is 6.20 Å². The smallest absolute Gasteiger partial charge is 0.378 e. The van der Waals surface area contributed by atoms with E-state index in [9.17, 15) is 14.6 Å². The maximum absolute atomic E-state index is 14.0. The zero-order valence-corrected chi connectivity index (χ0v) is 25.4. The number of hydrogen-bond donors (Lipinski definition) is 1. The molecule has 3 heterocycles. The fourth-order valence-corrected chi connectivity index (χ4v) is 6.36. The van der Waals surface area contributed by atoms with Gasteiger partial charge in [0.05, 0.1) is 41.9 Å². The van der Waals surface area contributed by atoms with Gasteiger partial charge in [-0.15, -0.1) is 0 Å². The van der Waals surface area contributed by atoms with Crippen molar-refractivity contribution in [3.8, 4) is 6.07 Å². The summed E-state index contributed by atoms with van der Waals surface area (Å²) in [7, 11) is -2.39. The number of hydrogen-bond acceptors (Lipinski definition) is 9. The highest BCUT2D eigenvalue weighted by atomic mass is 31.2. The number of benzene rings is 2. The van der Waals surface area contributed by atoms with Crippen molar-refractivity contribution in [3.05, 3.63) is 106 Å². The Balaban J connectivity index is 1.45. The van der Waals surface area contributed by atoms with Gasteiger partial charge in [-0.25, -0.2) is 4.57 Å². The lowest BCUT2D eigenvalue weighted by Gasteiger charge is -2.40. The van der Waals surface area contributed by atoms with Crippen molar-refractivity contribution in [3.63, 3.8) is 0 Å². The fraction of sp³-hybridized carbons (Fsp3) is 0.344. The Hall–Kier alpha value is -3.84. The fourth-order valence-electron chi connectivity index (χ4n) is 5.06. The van der Waals surface area contributed by atoms with E-state index in [0.717, 1.165) is 24.0 Å². The lowest BCUT2D eigenvalue weighted by atomic mass is 9.92. The van der Waals surface area contributed by atoms with E-state index in [0.29, 0.717) is 35.4 Å². The molecule has 1 unspecified atom stereocenters. The Morgan fingerprint density at radius 2 is 1.63 bits per heavy atom. The van der Waals surface area contributed by atoms with Gasteiger partial charge < -0.3 is 14.6 Å². The van der Waals surface area contributed by atoms with Gasteiger partial charge >= 0.3 is 7.82 Å². The molecule has 224 valence electrons. The number of anilines is 1. The molecule has 1 aliphatic rings. The third-order valence-electron chi connectivity index (χ3n) is 7.80. The number of fused-ring (bicyclic) bond motifs is 1. The zero-order valence-electron chi connectivity index (χ0n) is 24.5. The molecule has 43 heavy (non-hydrogen) atoms. The van der Waals surface area contributed by atoms with Crippen LogP contribution in [-0.2, 0) is 36.1 Å². The summed E-state index contributed by atoms with van der Waals surface area (Å²) in [5, 5.41) is 10.6. The van der Waals surface area contributed by atoms with Crippen LogP contribution in [0.15, 0.2) is 77.7 Å². The van der Waals surface area contributed by atoms with Crippen LogP contribution in [-0.4, -0.2) is 35.8 Å². The quantitative estimate of drug-likeness (QED) is 0.194. The van der Waals surface area contributed by atoms with Gasteiger partial charge in [-0.3, -0.25) is 23.3 Å². The molecule has 5 rings (SSSR count). The lowest BCUT2D eigenvalue weighted by Crippen LogP contribution is -2.44. The van der Waals surface area contributed by atoms with Crippen molar-refractivity contribution in [1.29, 1.82) is 5.26 Å². The molecule has 1 saturated heterocycles. The number of phosphoric acid groups is 1. The molecular weight excluding hydrogens is 567 g/mol. The minimum atomic E-state index is -4.09. The highest BCUT2D eigenvalue weighted by Gasteiger charge is 2.33. The van der Waals surface area contributed by atoms with Gasteiger partial charge in [-0.2, -0.15) is 5.26 Å². The monoisotopic (exact) mass is 602 g/mol. The molecule has 2 aromatic carbocycles. The van der Waals surface area contributed by atoms with Gasteiger partial charge in [-0.1, -0.05) is 60.7 Å². The average Bonchev–Trinajstić information content (AvgIpc) is 3.03. The first kappa shape index (κ1) is 30.6. The van der Waals surface area contributed by atoms with Crippen LogP contribution in [0.3, 0.4) is 0 Å². The first-order chi connectivity index (χ1) is 20.7. The summed E-state index contributed by atoms with van der Waals surface area (Å²) < 4.78 is 37.2. The molecule has 4 aromatic rings. The number of aromatic amines is 1. The van der Waals surface area contributed by atoms with Crippen molar-refractivity contribution < 1.29 is 22.9 Å². The number of phosphoric ester groups is 1. The summed E-state index contributed by atoms with van der Waals surface area (Å²) in [6.45, 7) is 5.03. The number of H-pyrrole nitrogens is 1. The van der Waals surface area contributed by atoms with Crippen molar-refractivity contribution in [2.75, 3.05) is 25.1 Å². The van der Waals surface area contributed by atoms with E-state index >= 15 is 0 Å². The molecule has 1 N–H and O–H groups in total. The first-order valence-corrected chi connectivity index (χ1v) is 15.6. The minimum absolute atomic E-state index is 0.0248. The lowest BCUT2D eigenvalue weighted by molar-refractivity contribution is -0.0132. The van der Waals surface area contributed by atoms with Crippen molar-refractivity contribution in [1.82, 2.24) is 9.97 Å². The number of ether oxygens (including phenoxy) is 1.